The lowest BCUT2D eigenvalue weighted by molar-refractivity contribution is 0.183. The quantitative estimate of drug-likeness (QED) is 0.766. The Balaban J connectivity index is 2.15. The zero-order valence-corrected chi connectivity index (χ0v) is 9.68. The van der Waals surface area contributed by atoms with Crippen molar-refractivity contribution in [3.8, 4) is 11.3 Å². The number of ether oxygens (including phenoxy) is 1. The molecule has 2 rings (SSSR count). The molecule has 0 aliphatic heterocycles. The van der Waals surface area contributed by atoms with Crippen LogP contribution in [0.4, 0.5) is 0 Å². The van der Waals surface area contributed by atoms with Crippen molar-refractivity contribution in [2.75, 3.05) is 13.7 Å². The fourth-order valence-electron chi connectivity index (χ4n) is 1.35. The standard InChI is InChI=1S/C11H12ClN3O/c1-16-7-6-15-5-4-10(14-15)9-2-3-11(12)13-8-9/h2-5,8H,6-7H2,1H3. The minimum atomic E-state index is 0.488. The van der Waals surface area contributed by atoms with Crippen LogP contribution in [0.1, 0.15) is 0 Å². The molecule has 2 aromatic rings. The summed E-state index contributed by atoms with van der Waals surface area (Å²) < 4.78 is 6.83. The van der Waals surface area contributed by atoms with Crippen LogP contribution in [0.3, 0.4) is 0 Å². The molecule has 4 nitrogen and oxygen atoms in total. The Kier molecular flexibility index (Phi) is 3.54. The highest BCUT2D eigenvalue weighted by Gasteiger charge is 2.02. The van der Waals surface area contributed by atoms with E-state index >= 15 is 0 Å². The van der Waals surface area contributed by atoms with E-state index in [1.54, 1.807) is 19.4 Å². The van der Waals surface area contributed by atoms with E-state index in [0.29, 0.717) is 11.8 Å². The van der Waals surface area contributed by atoms with Gasteiger partial charge in [0.15, 0.2) is 0 Å². The highest BCUT2D eigenvalue weighted by molar-refractivity contribution is 6.29. The van der Waals surface area contributed by atoms with E-state index in [2.05, 4.69) is 10.1 Å². The van der Waals surface area contributed by atoms with Gasteiger partial charge >= 0.3 is 0 Å². The lowest BCUT2D eigenvalue weighted by atomic mass is 10.2. The van der Waals surface area contributed by atoms with Gasteiger partial charge in [0, 0.05) is 25.1 Å². The van der Waals surface area contributed by atoms with Crippen molar-refractivity contribution < 1.29 is 4.74 Å². The largest absolute Gasteiger partial charge is 0.383 e. The topological polar surface area (TPSA) is 39.9 Å². The Morgan fingerprint density at radius 3 is 2.94 bits per heavy atom. The summed E-state index contributed by atoms with van der Waals surface area (Å²) in [5.41, 5.74) is 1.85. The molecule has 0 radical (unpaired) electrons. The van der Waals surface area contributed by atoms with Crippen molar-refractivity contribution in [3.05, 3.63) is 35.7 Å². The van der Waals surface area contributed by atoms with Gasteiger partial charge in [-0.15, -0.1) is 0 Å². The first-order valence-corrected chi connectivity index (χ1v) is 5.32. The summed E-state index contributed by atoms with van der Waals surface area (Å²) in [6.45, 7) is 1.40. The molecule has 2 heterocycles. The lowest BCUT2D eigenvalue weighted by Crippen LogP contribution is -2.04. The molecule has 0 aliphatic carbocycles. The SMILES string of the molecule is COCCn1ccc(-c2ccc(Cl)nc2)n1. The molecule has 5 heteroatoms. The average Bonchev–Trinajstić information content (AvgIpc) is 2.76. The molecule has 0 aromatic carbocycles. The maximum atomic E-state index is 5.72. The summed E-state index contributed by atoms with van der Waals surface area (Å²) in [5.74, 6) is 0. The minimum Gasteiger partial charge on any atom is -0.383 e. The molecule has 0 N–H and O–H groups in total. The van der Waals surface area contributed by atoms with E-state index in [1.807, 2.05) is 23.0 Å². The molecule has 16 heavy (non-hydrogen) atoms. The molecule has 0 fully saturated rings. The molecule has 0 aliphatic rings. The van der Waals surface area contributed by atoms with Gasteiger partial charge in [-0.05, 0) is 18.2 Å². The summed E-state index contributed by atoms with van der Waals surface area (Å²) in [6, 6.07) is 5.60. The first-order valence-electron chi connectivity index (χ1n) is 4.94. The fraction of sp³-hybridized carbons (Fsp3) is 0.273. The highest BCUT2D eigenvalue weighted by Crippen LogP contribution is 2.17. The van der Waals surface area contributed by atoms with E-state index in [1.165, 1.54) is 0 Å². The van der Waals surface area contributed by atoms with Gasteiger partial charge in [0.25, 0.3) is 0 Å². The summed E-state index contributed by atoms with van der Waals surface area (Å²) in [6.07, 6.45) is 3.63. The van der Waals surface area contributed by atoms with Crippen LogP contribution in [0.15, 0.2) is 30.6 Å². The van der Waals surface area contributed by atoms with Gasteiger partial charge in [0.2, 0.25) is 0 Å². The van der Waals surface area contributed by atoms with Crippen LogP contribution in [0.25, 0.3) is 11.3 Å². The van der Waals surface area contributed by atoms with Gasteiger partial charge in [-0.2, -0.15) is 5.10 Å². The number of halogens is 1. The molecule has 0 bridgehead atoms. The normalized spacial score (nSPS) is 10.6. The third-order valence-corrected chi connectivity index (χ3v) is 2.41. The monoisotopic (exact) mass is 237 g/mol. The number of nitrogens with zero attached hydrogens (tertiary/aromatic N) is 3. The zero-order valence-electron chi connectivity index (χ0n) is 8.93. The molecule has 0 unspecified atom stereocenters. The van der Waals surface area contributed by atoms with Crippen molar-refractivity contribution in [2.45, 2.75) is 6.54 Å². The summed E-state index contributed by atoms with van der Waals surface area (Å²) >= 11 is 5.72. The Hall–Kier alpha value is -1.39. The van der Waals surface area contributed by atoms with Crippen LogP contribution in [0, 0.1) is 0 Å². The summed E-state index contributed by atoms with van der Waals surface area (Å²) in [5, 5.41) is 4.89. The predicted molar refractivity (Wildman–Crippen MR) is 62.3 cm³/mol. The molecule has 0 amide bonds. The first kappa shape index (κ1) is 11.1. The van der Waals surface area contributed by atoms with Crippen molar-refractivity contribution in [2.24, 2.45) is 0 Å². The number of aromatic nitrogens is 3. The van der Waals surface area contributed by atoms with Crippen LogP contribution in [-0.2, 0) is 11.3 Å². The van der Waals surface area contributed by atoms with Gasteiger partial charge in [-0.3, -0.25) is 4.68 Å². The second kappa shape index (κ2) is 5.09. The molecular weight excluding hydrogens is 226 g/mol. The molecule has 0 saturated heterocycles. The maximum Gasteiger partial charge on any atom is 0.129 e. The van der Waals surface area contributed by atoms with Gasteiger partial charge in [0.05, 0.1) is 18.8 Å². The Labute approximate surface area is 98.8 Å². The van der Waals surface area contributed by atoms with Crippen LogP contribution in [-0.4, -0.2) is 28.5 Å². The van der Waals surface area contributed by atoms with E-state index in [9.17, 15) is 0 Å². The van der Waals surface area contributed by atoms with Gasteiger partial charge in [-0.1, -0.05) is 11.6 Å². The van der Waals surface area contributed by atoms with Crippen LogP contribution in [0.2, 0.25) is 5.15 Å². The molecule has 0 spiro atoms. The average molecular weight is 238 g/mol. The van der Waals surface area contributed by atoms with Crippen molar-refractivity contribution in [3.63, 3.8) is 0 Å². The molecule has 2 aromatic heterocycles. The number of pyridine rings is 1. The van der Waals surface area contributed by atoms with Gasteiger partial charge in [0.1, 0.15) is 5.15 Å². The number of hydrogen-bond donors (Lipinski definition) is 0. The number of methoxy groups -OCH3 is 1. The van der Waals surface area contributed by atoms with E-state index in [0.717, 1.165) is 17.8 Å². The summed E-state index contributed by atoms with van der Waals surface area (Å²) in [4.78, 5) is 4.02. The maximum absolute atomic E-state index is 5.72. The number of hydrogen-bond acceptors (Lipinski definition) is 3. The highest BCUT2D eigenvalue weighted by atomic mass is 35.5. The van der Waals surface area contributed by atoms with Gasteiger partial charge < -0.3 is 4.74 Å². The first-order chi connectivity index (χ1) is 7.79. The smallest absolute Gasteiger partial charge is 0.129 e. The fourth-order valence-corrected chi connectivity index (χ4v) is 1.46. The third kappa shape index (κ3) is 2.59. The molecule has 84 valence electrons. The van der Waals surface area contributed by atoms with Crippen LogP contribution in [0.5, 0.6) is 0 Å². The van der Waals surface area contributed by atoms with Crippen molar-refractivity contribution >= 4 is 11.6 Å². The van der Waals surface area contributed by atoms with Crippen LogP contribution < -0.4 is 0 Å². The minimum absolute atomic E-state index is 0.488. The summed E-state index contributed by atoms with van der Waals surface area (Å²) in [7, 11) is 1.67. The van der Waals surface area contributed by atoms with E-state index in [-0.39, 0.29) is 0 Å². The predicted octanol–water partition coefficient (Wildman–Crippen LogP) is 2.24. The van der Waals surface area contributed by atoms with Crippen molar-refractivity contribution in [1.29, 1.82) is 0 Å². The Morgan fingerprint density at radius 1 is 1.38 bits per heavy atom. The second-order valence-corrected chi connectivity index (χ2v) is 3.71. The Bertz CT molecular complexity index is 453. The third-order valence-electron chi connectivity index (χ3n) is 2.19. The second-order valence-electron chi connectivity index (χ2n) is 3.33. The van der Waals surface area contributed by atoms with E-state index < -0.39 is 0 Å². The lowest BCUT2D eigenvalue weighted by Gasteiger charge is -1.99. The van der Waals surface area contributed by atoms with E-state index in [4.69, 9.17) is 16.3 Å². The number of rotatable bonds is 4. The molecule has 0 atom stereocenters. The molecule has 0 saturated carbocycles. The van der Waals surface area contributed by atoms with Gasteiger partial charge in [-0.25, -0.2) is 4.98 Å². The zero-order chi connectivity index (χ0) is 11.4. The molecular formula is C11H12ClN3O. The Morgan fingerprint density at radius 2 is 2.25 bits per heavy atom. The van der Waals surface area contributed by atoms with Crippen molar-refractivity contribution in [1.82, 2.24) is 14.8 Å². The van der Waals surface area contributed by atoms with Crippen LogP contribution >= 0.6 is 11.6 Å².